The lowest BCUT2D eigenvalue weighted by Crippen LogP contribution is -2.69. The van der Waals surface area contributed by atoms with E-state index in [-0.39, 0.29) is 16.7 Å². The number of carbonyl (C=O) groups is 2. The van der Waals surface area contributed by atoms with Gasteiger partial charge in [-0.1, -0.05) is 42.5 Å². The molecule has 40 heavy (non-hydrogen) atoms. The lowest BCUT2D eigenvalue weighted by atomic mass is 9.43. The third kappa shape index (κ3) is 3.50. The highest BCUT2D eigenvalue weighted by molar-refractivity contribution is 5.94. The van der Waals surface area contributed by atoms with Gasteiger partial charge in [-0.05, 0) is 106 Å². The second kappa shape index (κ2) is 9.07. The van der Waals surface area contributed by atoms with Crippen LogP contribution in [-0.2, 0) is 11.8 Å². The Morgan fingerprint density at radius 2 is 1.80 bits per heavy atom. The molecule has 1 N–H and O–H groups in total. The number of hydrogen-bond donors (Lipinski definition) is 1. The predicted molar refractivity (Wildman–Crippen MR) is 155 cm³/mol. The molecule has 0 spiro atoms. The van der Waals surface area contributed by atoms with Crippen molar-refractivity contribution >= 4 is 12.0 Å². The van der Waals surface area contributed by atoms with Crippen molar-refractivity contribution in [3.05, 3.63) is 71.3 Å². The summed E-state index contributed by atoms with van der Waals surface area (Å²) in [6, 6.07) is 19.9. The number of benzene rings is 2. The molecule has 2 aromatic rings. The second-order valence-electron chi connectivity index (χ2n) is 14.2. The number of likely N-dealkylation sites (tertiary alicyclic amines) is 2. The third-order valence-electron chi connectivity index (χ3n) is 11.7. The van der Waals surface area contributed by atoms with E-state index in [2.05, 4.69) is 34.1 Å². The number of amides is 2. The van der Waals surface area contributed by atoms with Gasteiger partial charge in [0.05, 0.1) is 0 Å². The normalized spacial score (nSPS) is 33.8. The highest BCUT2D eigenvalue weighted by atomic mass is 16.4. The molecule has 6 atom stereocenters. The van der Waals surface area contributed by atoms with Gasteiger partial charge in [0.15, 0.2) is 0 Å². The van der Waals surface area contributed by atoms with E-state index >= 15 is 0 Å². The first-order chi connectivity index (χ1) is 19.2. The molecule has 0 unspecified atom stereocenters. The Balaban J connectivity index is 1.20. The molecule has 5 aliphatic rings. The molecule has 7 rings (SSSR count). The average molecular weight is 542 g/mol. The van der Waals surface area contributed by atoms with E-state index in [1.807, 2.05) is 51.1 Å². The van der Waals surface area contributed by atoms with Crippen LogP contribution in [0, 0.1) is 17.3 Å². The summed E-state index contributed by atoms with van der Waals surface area (Å²) in [4.78, 5) is 32.3. The van der Waals surface area contributed by atoms with Gasteiger partial charge in [0, 0.05) is 48.2 Å². The number of carboxylic acid groups (broad SMARTS) is 1. The minimum Gasteiger partial charge on any atom is -0.465 e. The molecule has 4 bridgehead atoms. The molecule has 2 saturated heterocycles. The number of rotatable bonds is 5. The van der Waals surface area contributed by atoms with Gasteiger partial charge in [-0.25, -0.2) is 4.79 Å². The Kier molecular flexibility index (Phi) is 5.91. The zero-order valence-corrected chi connectivity index (χ0v) is 24.2. The number of fused-ring (bicyclic) bond motifs is 1. The first-order valence-electron chi connectivity index (χ1n) is 15.4. The fourth-order valence-corrected chi connectivity index (χ4v) is 10.5. The van der Waals surface area contributed by atoms with Crippen molar-refractivity contribution in [1.82, 2.24) is 14.7 Å². The van der Waals surface area contributed by atoms with E-state index in [0.29, 0.717) is 30.5 Å². The SMILES string of the molecule is CC(C)(C)N(CCCN1CC[C@@]23c4ccccc4C[C@@H]1[C@]21CC[C@@H]2[C@H]3[C@@H](CN2C(=O)c2ccccc2)C1)C(=O)O. The Bertz CT molecular complexity index is 1320. The zero-order chi connectivity index (χ0) is 27.9. The summed E-state index contributed by atoms with van der Waals surface area (Å²) in [5, 5.41) is 9.81. The number of nitrogens with zero attached hydrogens (tertiary/aromatic N) is 3. The second-order valence-corrected chi connectivity index (χ2v) is 14.2. The molecule has 6 heteroatoms. The molecule has 212 valence electrons. The molecular weight excluding hydrogens is 498 g/mol. The monoisotopic (exact) mass is 541 g/mol. The molecular formula is C34H43N3O3. The van der Waals surface area contributed by atoms with E-state index in [4.69, 9.17) is 0 Å². The van der Waals surface area contributed by atoms with E-state index in [9.17, 15) is 14.7 Å². The largest absolute Gasteiger partial charge is 0.465 e. The molecule has 4 fully saturated rings. The van der Waals surface area contributed by atoms with E-state index < -0.39 is 11.6 Å². The van der Waals surface area contributed by atoms with Crippen LogP contribution in [0.15, 0.2) is 54.6 Å². The molecule has 6 nitrogen and oxygen atoms in total. The standard InChI is InChI=1S/C34H43N3O3/c1-32(2,3)37(31(39)40)18-9-17-35-19-16-34-26-13-8-7-12-24(26)20-28(35)33(34)15-14-27-29(34)25(21-33)22-36(27)30(38)23-10-5-4-6-11-23/h4-8,10-13,25,27-29H,9,14-22H2,1-3H3,(H,39,40)/t25-,27-,28-,29-,33-,34+/m1/s1. The molecule has 2 amide bonds. The van der Waals surface area contributed by atoms with Crippen LogP contribution in [-0.4, -0.2) is 75.6 Å². The molecule has 2 heterocycles. The third-order valence-corrected chi connectivity index (χ3v) is 11.7. The quantitative estimate of drug-likeness (QED) is 0.530. The van der Waals surface area contributed by atoms with Crippen LogP contribution in [0.4, 0.5) is 4.79 Å². The Morgan fingerprint density at radius 1 is 1.05 bits per heavy atom. The van der Waals surface area contributed by atoms with Gasteiger partial charge >= 0.3 is 6.09 Å². The van der Waals surface area contributed by atoms with Crippen molar-refractivity contribution < 1.29 is 14.7 Å². The fourth-order valence-electron chi connectivity index (χ4n) is 10.5. The van der Waals surface area contributed by atoms with Crippen molar-refractivity contribution in [2.45, 2.75) is 82.3 Å². The van der Waals surface area contributed by atoms with Crippen LogP contribution < -0.4 is 0 Å². The van der Waals surface area contributed by atoms with Gasteiger partial charge in [-0.2, -0.15) is 0 Å². The lowest BCUT2D eigenvalue weighted by Gasteiger charge is -2.66. The van der Waals surface area contributed by atoms with Crippen LogP contribution in [0.1, 0.15) is 74.4 Å². The van der Waals surface area contributed by atoms with Crippen LogP contribution in [0.25, 0.3) is 0 Å². The van der Waals surface area contributed by atoms with E-state index in [1.54, 1.807) is 10.5 Å². The van der Waals surface area contributed by atoms with Crippen LogP contribution in [0.3, 0.4) is 0 Å². The highest BCUT2D eigenvalue weighted by Crippen LogP contribution is 2.75. The van der Waals surface area contributed by atoms with Gasteiger partial charge in [0.25, 0.3) is 5.91 Å². The molecule has 2 aliphatic heterocycles. The summed E-state index contributed by atoms with van der Waals surface area (Å²) in [5.41, 5.74) is 3.91. The molecule has 3 aliphatic carbocycles. The summed E-state index contributed by atoms with van der Waals surface area (Å²) in [5.74, 6) is 1.30. The fraction of sp³-hybridized carbons (Fsp3) is 0.588. The van der Waals surface area contributed by atoms with E-state index in [0.717, 1.165) is 50.9 Å². The van der Waals surface area contributed by atoms with Crippen molar-refractivity contribution in [1.29, 1.82) is 0 Å². The van der Waals surface area contributed by atoms with Crippen LogP contribution in [0.2, 0.25) is 0 Å². The number of carbonyl (C=O) groups excluding carboxylic acids is 1. The molecule has 0 aromatic heterocycles. The molecule has 2 aromatic carbocycles. The van der Waals surface area contributed by atoms with Crippen LogP contribution in [0.5, 0.6) is 0 Å². The van der Waals surface area contributed by atoms with Gasteiger partial charge in [-0.3, -0.25) is 9.69 Å². The van der Waals surface area contributed by atoms with Crippen molar-refractivity contribution in [3.63, 3.8) is 0 Å². The van der Waals surface area contributed by atoms with Gasteiger partial charge in [0.2, 0.25) is 0 Å². The van der Waals surface area contributed by atoms with Gasteiger partial charge in [0.1, 0.15) is 0 Å². The van der Waals surface area contributed by atoms with Gasteiger partial charge in [-0.15, -0.1) is 0 Å². The Morgan fingerprint density at radius 3 is 2.55 bits per heavy atom. The minimum atomic E-state index is -0.827. The number of piperidine rings is 1. The van der Waals surface area contributed by atoms with E-state index in [1.165, 1.54) is 18.4 Å². The maximum atomic E-state index is 13.8. The number of hydrogen-bond acceptors (Lipinski definition) is 3. The summed E-state index contributed by atoms with van der Waals surface area (Å²) >= 11 is 0. The predicted octanol–water partition coefficient (Wildman–Crippen LogP) is 5.66. The lowest BCUT2D eigenvalue weighted by molar-refractivity contribution is -0.101. The first kappa shape index (κ1) is 26.1. The Hall–Kier alpha value is -2.86. The summed E-state index contributed by atoms with van der Waals surface area (Å²) in [6.07, 6.45) is 5.77. The summed E-state index contributed by atoms with van der Waals surface area (Å²) in [7, 11) is 0. The highest BCUT2D eigenvalue weighted by Gasteiger charge is 2.76. The average Bonchev–Trinajstić information content (AvgIpc) is 3.37. The van der Waals surface area contributed by atoms with Gasteiger partial charge < -0.3 is 14.9 Å². The molecule has 0 radical (unpaired) electrons. The summed E-state index contributed by atoms with van der Waals surface area (Å²) < 4.78 is 0. The van der Waals surface area contributed by atoms with Crippen molar-refractivity contribution in [2.24, 2.45) is 17.3 Å². The van der Waals surface area contributed by atoms with Crippen molar-refractivity contribution in [3.8, 4) is 0 Å². The minimum absolute atomic E-state index is 0.140. The zero-order valence-electron chi connectivity index (χ0n) is 24.2. The first-order valence-corrected chi connectivity index (χ1v) is 15.4. The maximum absolute atomic E-state index is 13.8. The van der Waals surface area contributed by atoms with Crippen molar-refractivity contribution in [2.75, 3.05) is 26.2 Å². The van der Waals surface area contributed by atoms with Crippen LogP contribution >= 0.6 is 0 Å². The topological polar surface area (TPSA) is 64.1 Å². The molecule has 2 saturated carbocycles. The Labute approximate surface area is 238 Å². The summed E-state index contributed by atoms with van der Waals surface area (Å²) in [6.45, 7) is 9.41. The maximum Gasteiger partial charge on any atom is 0.407 e. The smallest absolute Gasteiger partial charge is 0.407 e.